The predicted octanol–water partition coefficient (Wildman–Crippen LogP) is 6.36. The molecule has 0 saturated heterocycles. The number of ether oxygens (including phenoxy) is 4. The molecule has 0 radical (unpaired) electrons. The van der Waals surface area contributed by atoms with Gasteiger partial charge >= 0.3 is 11.9 Å². The summed E-state index contributed by atoms with van der Waals surface area (Å²) in [7, 11) is 0. The number of hydrogen-bond acceptors (Lipinski definition) is 8. The summed E-state index contributed by atoms with van der Waals surface area (Å²) in [6.45, 7) is 6.07. The first-order valence-electron chi connectivity index (χ1n) is 11.0. The zero-order valence-corrected chi connectivity index (χ0v) is 22.9. The first-order chi connectivity index (χ1) is 18.1. The van der Waals surface area contributed by atoms with Crippen LogP contribution in [-0.4, -0.2) is 49.9 Å². The normalized spacial score (nSPS) is 10.3. The molecular formula is C26H22Cl4O8. The van der Waals surface area contributed by atoms with E-state index in [-0.39, 0.29) is 55.9 Å². The van der Waals surface area contributed by atoms with Crippen molar-refractivity contribution < 1.29 is 38.1 Å². The van der Waals surface area contributed by atoms with Gasteiger partial charge in [-0.05, 0) is 49.3 Å². The molecule has 0 aliphatic heterocycles. The SMILES string of the molecule is C=CC(=O)c1ccc(OCC(=O)OCCCCOC(=O)COc2ccc(C(=O)C=C)c(Cl)c2Cl)c(Cl)c1Cl. The van der Waals surface area contributed by atoms with Crippen LogP contribution in [0.15, 0.2) is 49.6 Å². The molecule has 2 aromatic rings. The van der Waals surface area contributed by atoms with Crippen LogP contribution < -0.4 is 9.47 Å². The lowest BCUT2D eigenvalue weighted by atomic mass is 10.1. The fourth-order valence-electron chi connectivity index (χ4n) is 2.82. The van der Waals surface area contributed by atoms with Crippen LogP contribution in [-0.2, 0) is 19.1 Å². The maximum Gasteiger partial charge on any atom is 0.344 e. The lowest BCUT2D eigenvalue weighted by Crippen LogP contribution is -2.17. The molecule has 12 heteroatoms. The van der Waals surface area contributed by atoms with Crippen LogP contribution in [0.3, 0.4) is 0 Å². The van der Waals surface area contributed by atoms with Crippen LogP contribution in [0.4, 0.5) is 0 Å². The number of unbranched alkanes of at least 4 members (excludes halogenated alkanes) is 1. The van der Waals surface area contributed by atoms with E-state index in [9.17, 15) is 19.2 Å². The summed E-state index contributed by atoms with van der Waals surface area (Å²) >= 11 is 24.3. The Morgan fingerprint density at radius 3 is 1.34 bits per heavy atom. The topological polar surface area (TPSA) is 105 Å². The lowest BCUT2D eigenvalue weighted by Gasteiger charge is -2.11. The molecule has 202 valence electrons. The number of hydrogen-bond donors (Lipinski definition) is 0. The van der Waals surface area contributed by atoms with Crippen LogP contribution in [0.2, 0.25) is 20.1 Å². The molecule has 0 aromatic heterocycles. The Labute approximate surface area is 239 Å². The average molecular weight is 604 g/mol. The molecule has 0 aliphatic carbocycles. The van der Waals surface area contributed by atoms with Gasteiger partial charge in [0.1, 0.15) is 21.5 Å². The number of allylic oxidation sites excluding steroid dienone is 2. The summed E-state index contributed by atoms with van der Waals surface area (Å²) in [5.74, 6) is -1.86. The molecule has 0 amide bonds. The molecule has 2 rings (SSSR count). The summed E-state index contributed by atoms with van der Waals surface area (Å²) in [4.78, 5) is 47.2. The van der Waals surface area contributed by atoms with Crippen molar-refractivity contribution in [2.24, 2.45) is 0 Å². The Bertz CT molecular complexity index is 1150. The highest BCUT2D eigenvalue weighted by Gasteiger charge is 2.17. The number of carbonyl (C=O) groups is 4. The number of halogens is 4. The molecule has 0 saturated carbocycles. The van der Waals surface area contributed by atoms with E-state index in [1.165, 1.54) is 24.3 Å². The molecule has 2 aromatic carbocycles. The largest absolute Gasteiger partial charge is 0.480 e. The van der Waals surface area contributed by atoms with Crippen molar-refractivity contribution in [3.05, 3.63) is 80.8 Å². The van der Waals surface area contributed by atoms with Gasteiger partial charge in [0, 0.05) is 11.1 Å². The van der Waals surface area contributed by atoms with Crippen LogP contribution in [0, 0.1) is 0 Å². The van der Waals surface area contributed by atoms with Gasteiger partial charge in [-0.25, -0.2) is 9.59 Å². The number of ketones is 2. The molecule has 0 aliphatic rings. The summed E-state index contributed by atoms with van der Waals surface area (Å²) in [6, 6.07) is 5.66. The smallest absolute Gasteiger partial charge is 0.344 e. The predicted molar refractivity (Wildman–Crippen MR) is 144 cm³/mol. The highest BCUT2D eigenvalue weighted by molar-refractivity contribution is 6.45. The molecule has 38 heavy (non-hydrogen) atoms. The van der Waals surface area contributed by atoms with Crippen molar-refractivity contribution in [3.8, 4) is 11.5 Å². The zero-order chi connectivity index (χ0) is 28.2. The number of rotatable bonds is 15. The molecule has 0 atom stereocenters. The summed E-state index contributed by atoms with van der Waals surface area (Å²) in [5.41, 5.74) is 0.329. The van der Waals surface area contributed by atoms with Crippen LogP contribution in [0.5, 0.6) is 11.5 Å². The van der Waals surface area contributed by atoms with E-state index < -0.39 is 36.7 Å². The molecule has 0 heterocycles. The van der Waals surface area contributed by atoms with Crippen molar-refractivity contribution in [1.82, 2.24) is 0 Å². The first kappa shape index (κ1) is 31.2. The van der Waals surface area contributed by atoms with E-state index in [4.69, 9.17) is 65.4 Å². The second kappa shape index (κ2) is 15.4. The van der Waals surface area contributed by atoms with Crippen LogP contribution in [0.1, 0.15) is 33.6 Å². The van der Waals surface area contributed by atoms with E-state index in [0.717, 1.165) is 12.2 Å². The molecule has 0 spiro atoms. The van der Waals surface area contributed by atoms with Gasteiger partial charge in [0.15, 0.2) is 24.8 Å². The van der Waals surface area contributed by atoms with Crippen LogP contribution >= 0.6 is 46.4 Å². The highest BCUT2D eigenvalue weighted by Crippen LogP contribution is 2.36. The highest BCUT2D eigenvalue weighted by atomic mass is 35.5. The Kier molecular flexibility index (Phi) is 12.6. The van der Waals surface area contributed by atoms with E-state index in [2.05, 4.69) is 13.2 Å². The minimum absolute atomic E-state index is 0.00723. The fraction of sp³-hybridized carbons (Fsp3) is 0.231. The van der Waals surface area contributed by atoms with E-state index in [0.29, 0.717) is 12.8 Å². The second-order valence-electron chi connectivity index (χ2n) is 7.34. The van der Waals surface area contributed by atoms with Gasteiger partial charge in [0.05, 0.1) is 23.3 Å². The lowest BCUT2D eigenvalue weighted by molar-refractivity contribution is -0.148. The number of benzene rings is 2. The average Bonchev–Trinajstić information content (AvgIpc) is 2.91. The first-order valence-corrected chi connectivity index (χ1v) is 12.5. The summed E-state index contributed by atoms with van der Waals surface area (Å²) in [5, 5.41) is -0.0364. The van der Waals surface area contributed by atoms with E-state index in [1.807, 2.05) is 0 Å². The van der Waals surface area contributed by atoms with Crippen molar-refractivity contribution >= 4 is 69.9 Å². The summed E-state index contributed by atoms with van der Waals surface area (Å²) < 4.78 is 20.7. The van der Waals surface area contributed by atoms with Crippen molar-refractivity contribution in [2.45, 2.75) is 12.8 Å². The molecule has 8 nitrogen and oxygen atoms in total. The third-order valence-electron chi connectivity index (χ3n) is 4.75. The van der Waals surface area contributed by atoms with Crippen molar-refractivity contribution in [3.63, 3.8) is 0 Å². The van der Waals surface area contributed by atoms with E-state index in [1.54, 1.807) is 0 Å². The maximum absolute atomic E-state index is 11.9. The fourth-order valence-corrected chi connectivity index (χ4v) is 3.76. The van der Waals surface area contributed by atoms with Gasteiger partial charge in [-0.1, -0.05) is 59.6 Å². The molecule has 0 unspecified atom stereocenters. The second-order valence-corrected chi connectivity index (χ2v) is 8.85. The van der Waals surface area contributed by atoms with Gasteiger partial charge in [-0.2, -0.15) is 0 Å². The molecule has 0 N–H and O–H groups in total. The van der Waals surface area contributed by atoms with Gasteiger partial charge in [0.2, 0.25) is 0 Å². The van der Waals surface area contributed by atoms with Gasteiger partial charge in [-0.15, -0.1) is 0 Å². The Morgan fingerprint density at radius 1 is 0.632 bits per heavy atom. The monoisotopic (exact) mass is 602 g/mol. The molecular weight excluding hydrogens is 582 g/mol. The maximum atomic E-state index is 11.9. The minimum atomic E-state index is -0.648. The molecule has 0 bridgehead atoms. The van der Waals surface area contributed by atoms with Gasteiger partial charge in [-0.3, -0.25) is 9.59 Å². The van der Waals surface area contributed by atoms with Gasteiger partial charge in [0.25, 0.3) is 0 Å². The zero-order valence-electron chi connectivity index (χ0n) is 19.9. The number of esters is 2. The third-order valence-corrected chi connectivity index (χ3v) is 6.48. The van der Waals surface area contributed by atoms with Crippen molar-refractivity contribution in [2.75, 3.05) is 26.4 Å². The van der Waals surface area contributed by atoms with Crippen LogP contribution in [0.25, 0.3) is 0 Å². The minimum Gasteiger partial charge on any atom is -0.480 e. The van der Waals surface area contributed by atoms with Crippen molar-refractivity contribution in [1.29, 1.82) is 0 Å². The standard InChI is InChI=1S/C26H22Cl4O8/c1-3-17(31)15-7-9-19(25(29)23(15)27)37-13-21(33)35-11-5-6-12-36-22(34)14-38-20-10-8-16(18(32)4-2)24(28)26(20)30/h3-4,7-10H,1-2,5-6,11-14H2. The summed E-state index contributed by atoms with van der Waals surface area (Å²) in [6.07, 6.45) is 3.05. The van der Waals surface area contributed by atoms with E-state index >= 15 is 0 Å². The Morgan fingerprint density at radius 2 is 1.00 bits per heavy atom. The Balaban J connectivity index is 1.65. The van der Waals surface area contributed by atoms with Gasteiger partial charge < -0.3 is 18.9 Å². The molecule has 0 fully saturated rings. The Hall–Kier alpha value is -3.04. The quantitative estimate of drug-likeness (QED) is 0.100. The number of carbonyl (C=O) groups excluding carboxylic acids is 4. The third kappa shape index (κ3) is 8.77.